The summed E-state index contributed by atoms with van der Waals surface area (Å²) in [6.45, 7) is 0. The van der Waals surface area contributed by atoms with Crippen LogP contribution in [0.3, 0.4) is 0 Å². The van der Waals surface area contributed by atoms with Crippen LogP contribution in [0.5, 0.6) is 5.75 Å². The van der Waals surface area contributed by atoms with Gasteiger partial charge in [-0.15, -0.1) is 0 Å². The van der Waals surface area contributed by atoms with Crippen LogP contribution in [0.1, 0.15) is 16.1 Å². The lowest BCUT2D eigenvalue weighted by Gasteiger charge is -2.11. The molecule has 6 nitrogen and oxygen atoms in total. The number of rotatable bonds is 6. The Morgan fingerprint density at radius 2 is 1.81 bits per heavy atom. The quantitative estimate of drug-likeness (QED) is 0.644. The SMILES string of the molecule is COc1cc(NC(=O)/C=C/c2ccccc2)ccc1NC(=O)c1ccco1. The van der Waals surface area contributed by atoms with Crippen LogP contribution in [-0.2, 0) is 4.79 Å². The van der Waals surface area contributed by atoms with Gasteiger partial charge in [0.1, 0.15) is 5.75 Å². The van der Waals surface area contributed by atoms with Crippen molar-refractivity contribution in [3.63, 3.8) is 0 Å². The van der Waals surface area contributed by atoms with Crippen molar-refractivity contribution in [1.82, 2.24) is 0 Å². The number of amides is 2. The Morgan fingerprint density at radius 1 is 1.00 bits per heavy atom. The summed E-state index contributed by atoms with van der Waals surface area (Å²) in [5.41, 5.74) is 1.95. The molecule has 0 fully saturated rings. The number of methoxy groups -OCH3 is 1. The van der Waals surface area contributed by atoms with E-state index in [0.717, 1.165) is 5.56 Å². The van der Waals surface area contributed by atoms with Gasteiger partial charge < -0.3 is 19.8 Å². The first-order valence-corrected chi connectivity index (χ1v) is 8.23. The number of furan rings is 1. The zero-order valence-corrected chi connectivity index (χ0v) is 14.6. The third-order valence-corrected chi connectivity index (χ3v) is 3.69. The highest BCUT2D eigenvalue weighted by molar-refractivity contribution is 6.04. The highest BCUT2D eigenvalue weighted by Crippen LogP contribution is 2.28. The molecule has 2 N–H and O–H groups in total. The highest BCUT2D eigenvalue weighted by Gasteiger charge is 2.12. The molecule has 0 bridgehead atoms. The van der Waals surface area contributed by atoms with Gasteiger partial charge >= 0.3 is 0 Å². The van der Waals surface area contributed by atoms with Crippen LogP contribution in [0.2, 0.25) is 0 Å². The Balaban J connectivity index is 1.67. The molecule has 2 aromatic carbocycles. The first-order valence-electron chi connectivity index (χ1n) is 8.23. The van der Waals surface area contributed by atoms with E-state index in [9.17, 15) is 9.59 Å². The molecular weight excluding hydrogens is 344 g/mol. The van der Waals surface area contributed by atoms with Gasteiger partial charge in [0, 0.05) is 17.8 Å². The maximum absolute atomic E-state index is 12.1. The smallest absolute Gasteiger partial charge is 0.291 e. The molecule has 0 atom stereocenters. The van der Waals surface area contributed by atoms with E-state index in [-0.39, 0.29) is 17.6 Å². The van der Waals surface area contributed by atoms with Gasteiger partial charge in [-0.1, -0.05) is 30.3 Å². The zero-order valence-electron chi connectivity index (χ0n) is 14.6. The molecule has 3 rings (SSSR count). The summed E-state index contributed by atoms with van der Waals surface area (Å²) in [7, 11) is 1.48. The fourth-order valence-corrected chi connectivity index (χ4v) is 2.38. The second kappa shape index (κ2) is 8.53. The van der Waals surface area contributed by atoms with Crippen molar-refractivity contribution >= 4 is 29.3 Å². The molecule has 0 radical (unpaired) electrons. The first kappa shape index (κ1) is 18.0. The fourth-order valence-electron chi connectivity index (χ4n) is 2.38. The molecule has 136 valence electrons. The third kappa shape index (κ3) is 4.85. The molecule has 0 aliphatic heterocycles. The van der Waals surface area contributed by atoms with E-state index in [4.69, 9.17) is 9.15 Å². The number of nitrogens with one attached hydrogen (secondary N) is 2. The van der Waals surface area contributed by atoms with Gasteiger partial charge in [0.2, 0.25) is 5.91 Å². The normalized spacial score (nSPS) is 10.6. The van der Waals surface area contributed by atoms with Crippen LogP contribution < -0.4 is 15.4 Å². The number of ether oxygens (including phenoxy) is 1. The van der Waals surface area contributed by atoms with Crippen LogP contribution >= 0.6 is 0 Å². The van der Waals surface area contributed by atoms with E-state index in [1.54, 1.807) is 36.4 Å². The predicted molar refractivity (Wildman–Crippen MR) is 104 cm³/mol. The van der Waals surface area contributed by atoms with Gasteiger partial charge in [-0.2, -0.15) is 0 Å². The van der Waals surface area contributed by atoms with E-state index in [0.29, 0.717) is 17.1 Å². The summed E-state index contributed by atoms with van der Waals surface area (Å²) < 4.78 is 10.4. The second-order valence-corrected chi connectivity index (χ2v) is 5.58. The van der Waals surface area contributed by atoms with Gasteiger partial charge in [-0.25, -0.2) is 0 Å². The van der Waals surface area contributed by atoms with E-state index in [1.807, 2.05) is 30.3 Å². The Morgan fingerprint density at radius 3 is 2.52 bits per heavy atom. The lowest BCUT2D eigenvalue weighted by molar-refractivity contribution is -0.111. The molecular formula is C21H18N2O4. The molecule has 3 aromatic rings. The maximum Gasteiger partial charge on any atom is 0.291 e. The summed E-state index contributed by atoms with van der Waals surface area (Å²) >= 11 is 0. The van der Waals surface area contributed by atoms with Crippen molar-refractivity contribution in [2.24, 2.45) is 0 Å². The summed E-state index contributed by atoms with van der Waals surface area (Å²) in [5.74, 6) is -0.0469. The Hall–Kier alpha value is -3.80. The van der Waals surface area contributed by atoms with Crippen LogP contribution in [0.15, 0.2) is 77.4 Å². The topological polar surface area (TPSA) is 80.6 Å². The molecule has 0 spiro atoms. The van der Waals surface area contributed by atoms with Gasteiger partial charge in [0.15, 0.2) is 5.76 Å². The summed E-state index contributed by atoms with van der Waals surface area (Å²) in [6, 6.07) is 17.7. The second-order valence-electron chi connectivity index (χ2n) is 5.58. The minimum atomic E-state index is -0.388. The standard InChI is InChI=1S/C21H18N2O4/c1-26-19-14-16(22-20(24)12-9-15-6-3-2-4-7-15)10-11-17(19)23-21(25)18-8-5-13-27-18/h2-14H,1H3,(H,22,24)(H,23,25)/b12-9+. The molecule has 1 aromatic heterocycles. The molecule has 0 unspecified atom stereocenters. The monoisotopic (exact) mass is 362 g/mol. The van der Waals surface area contributed by atoms with Crippen molar-refractivity contribution in [1.29, 1.82) is 0 Å². The molecule has 1 heterocycles. The molecule has 27 heavy (non-hydrogen) atoms. The summed E-state index contributed by atoms with van der Waals surface area (Å²) in [4.78, 5) is 24.2. The Labute approximate surface area is 156 Å². The molecule has 2 amide bonds. The number of hydrogen-bond donors (Lipinski definition) is 2. The molecule has 0 saturated heterocycles. The lowest BCUT2D eigenvalue weighted by Crippen LogP contribution is -2.12. The van der Waals surface area contributed by atoms with Gasteiger partial charge in [0.05, 0.1) is 19.1 Å². The van der Waals surface area contributed by atoms with E-state index in [2.05, 4.69) is 10.6 Å². The number of benzene rings is 2. The van der Waals surface area contributed by atoms with Crippen LogP contribution in [0, 0.1) is 0 Å². The molecule has 0 aliphatic carbocycles. The van der Waals surface area contributed by atoms with Gasteiger partial charge in [0.25, 0.3) is 5.91 Å². The van der Waals surface area contributed by atoms with E-state index in [1.165, 1.54) is 19.4 Å². The summed E-state index contributed by atoms with van der Waals surface area (Å²) in [5, 5.41) is 5.46. The van der Waals surface area contributed by atoms with Crippen molar-refractivity contribution in [2.75, 3.05) is 17.7 Å². The van der Waals surface area contributed by atoms with Crippen molar-refractivity contribution in [3.8, 4) is 5.75 Å². The Kier molecular flexibility index (Phi) is 5.69. The number of hydrogen-bond acceptors (Lipinski definition) is 4. The molecule has 0 aliphatic rings. The Bertz CT molecular complexity index is 948. The molecule has 6 heteroatoms. The maximum atomic E-state index is 12.1. The lowest BCUT2D eigenvalue weighted by atomic mass is 10.2. The van der Waals surface area contributed by atoms with E-state index >= 15 is 0 Å². The number of carbonyl (C=O) groups excluding carboxylic acids is 2. The predicted octanol–water partition coefficient (Wildman–Crippen LogP) is 4.19. The number of carbonyl (C=O) groups is 2. The van der Waals surface area contributed by atoms with Gasteiger partial charge in [-0.05, 0) is 35.9 Å². The fraction of sp³-hybridized carbons (Fsp3) is 0.0476. The highest BCUT2D eigenvalue weighted by atomic mass is 16.5. The van der Waals surface area contributed by atoms with Crippen LogP contribution in [-0.4, -0.2) is 18.9 Å². The average Bonchev–Trinajstić information content (AvgIpc) is 3.23. The van der Waals surface area contributed by atoms with E-state index < -0.39 is 0 Å². The van der Waals surface area contributed by atoms with Gasteiger partial charge in [-0.3, -0.25) is 9.59 Å². The number of anilines is 2. The van der Waals surface area contributed by atoms with Crippen molar-refractivity contribution in [3.05, 3.63) is 84.3 Å². The van der Waals surface area contributed by atoms with Crippen LogP contribution in [0.25, 0.3) is 6.08 Å². The average molecular weight is 362 g/mol. The van der Waals surface area contributed by atoms with Crippen LogP contribution in [0.4, 0.5) is 11.4 Å². The minimum absolute atomic E-state index is 0.195. The largest absolute Gasteiger partial charge is 0.494 e. The van der Waals surface area contributed by atoms with Crippen molar-refractivity contribution in [2.45, 2.75) is 0 Å². The molecule has 0 saturated carbocycles. The zero-order chi connectivity index (χ0) is 19.1. The first-order chi connectivity index (χ1) is 13.2. The van der Waals surface area contributed by atoms with Crippen molar-refractivity contribution < 1.29 is 18.7 Å². The summed E-state index contributed by atoms with van der Waals surface area (Å²) in [6.07, 6.45) is 4.60. The minimum Gasteiger partial charge on any atom is -0.494 e. The third-order valence-electron chi connectivity index (χ3n) is 3.69.